The maximum absolute atomic E-state index is 6.42. The first kappa shape index (κ1) is 34.9. The Balaban J connectivity index is 0.919. The zero-order valence-electron chi connectivity index (χ0n) is 33.2. The van der Waals surface area contributed by atoms with Crippen molar-refractivity contribution in [2.75, 3.05) is 4.90 Å². The molecule has 286 valence electrons. The first-order valence-electron chi connectivity index (χ1n) is 20.8. The molecular weight excluding hydrogens is 741 g/mol. The highest BCUT2D eigenvalue weighted by Crippen LogP contribution is 2.41. The van der Waals surface area contributed by atoms with Gasteiger partial charge < -0.3 is 13.9 Å². The second-order valence-electron chi connectivity index (χ2n) is 15.7. The largest absolute Gasteiger partial charge is 0.455 e. The van der Waals surface area contributed by atoms with Gasteiger partial charge in [-0.2, -0.15) is 0 Å². The summed E-state index contributed by atoms with van der Waals surface area (Å²) in [6, 6.07) is 82.8. The number of nitrogens with zero attached hydrogens (tertiary/aromatic N) is 2. The number of benzene rings is 10. The predicted octanol–water partition coefficient (Wildman–Crippen LogP) is 16.3. The Morgan fingerprint density at radius 1 is 0.344 bits per heavy atom. The van der Waals surface area contributed by atoms with Crippen molar-refractivity contribution < 1.29 is 4.42 Å². The molecule has 0 saturated carbocycles. The maximum atomic E-state index is 6.42. The number of fused-ring (bicyclic) bond motifs is 8. The summed E-state index contributed by atoms with van der Waals surface area (Å²) in [5.41, 5.74) is 15.5. The number of furan rings is 1. The molecule has 3 heteroatoms. The number of para-hydroxylation sites is 3. The summed E-state index contributed by atoms with van der Waals surface area (Å²) in [7, 11) is 0. The van der Waals surface area contributed by atoms with E-state index in [-0.39, 0.29) is 0 Å². The van der Waals surface area contributed by atoms with Crippen LogP contribution < -0.4 is 4.90 Å². The number of anilines is 3. The average Bonchev–Trinajstić information content (AvgIpc) is 3.89. The quantitative estimate of drug-likeness (QED) is 0.161. The van der Waals surface area contributed by atoms with E-state index >= 15 is 0 Å². The van der Waals surface area contributed by atoms with Crippen LogP contribution in [0.4, 0.5) is 17.1 Å². The fraction of sp³-hybridized carbons (Fsp3) is 0. The normalized spacial score (nSPS) is 11.6. The molecule has 0 N–H and O–H groups in total. The van der Waals surface area contributed by atoms with Crippen LogP contribution in [0.15, 0.2) is 235 Å². The highest BCUT2D eigenvalue weighted by Gasteiger charge is 2.18. The Labute approximate surface area is 353 Å². The third kappa shape index (κ3) is 5.90. The zero-order valence-corrected chi connectivity index (χ0v) is 33.2. The van der Waals surface area contributed by atoms with Crippen LogP contribution in [-0.2, 0) is 0 Å². The Morgan fingerprint density at radius 2 is 0.934 bits per heavy atom. The summed E-state index contributed by atoms with van der Waals surface area (Å²) >= 11 is 0. The van der Waals surface area contributed by atoms with Gasteiger partial charge in [0.1, 0.15) is 11.2 Å². The first-order chi connectivity index (χ1) is 30.2. The van der Waals surface area contributed by atoms with Crippen LogP contribution in [0.25, 0.3) is 93.6 Å². The van der Waals surface area contributed by atoms with Crippen LogP contribution in [0.1, 0.15) is 0 Å². The summed E-state index contributed by atoms with van der Waals surface area (Å²) in [4.78, 5) is 2.34. The molecule has 0 aliphatic carbocycles. The van der Waals surface area contributed by atoms with Crippen molar-refractivity contribution in [3.63, 3.8) is 0 Å². The molecule has 3 nitrogen and oxygen atoms in total. The van der Waals surface area contributed by atoms with Gasteiger partial charge in [0, 0.05) is 55.2 Å². The predicted molar refractivity (Wildman–Crippen MR) is 257 cm³/mol. The van der Waals surface area contributed by atoms with Gasteiger partial charge >= 0.3 is 0 Å². The summed E-state index contributed by atoms with van der Waals surface area (Å²) < 4.78 is 8.84. The molecule has 12 rings (SSSR count). The summed E-state index contributed by atoms with van der Waals surface area (Å²) in [6.07, 6.45) is 0. The van der Waals surface area contributed by atoms with Crippen LogP contribution in [-0.4, -0.2) is 4.57 Å². The molecule has 0 spiro atoms. The summed E-state index contributed by atoms with van der Waals surface area (Å²) in [5, 5.41) is 7.30. The lowest BCUT2D eigenvalue weighted by Gasteiger charge is -2.26. The minimum absolute atomic E-state index is 0.905. The van der Waals surface area contributed by atoms with Gasteiger partial charge in [0.05, 0.1) is 11.0 Å². The molecule has 0 radical (unpaired) electrons. The zero-order chi connectivity index (χ0) is 40.3. The van der Waals surface area contributed by atoms with Gasteiger partial charge in [0.2, 0.25) is 0 Å². The molecule has 0 bridgehead atoms. The van der Waals surface area contributed by atoms with E-state index in [4.69, 9.17) is 4.42 Å². The molecule has 2 heterocycles. The molecule has 0 amide bonds. The Kier molecular flexibility index (Phi) is 8.17. The molecule has 61 heavy (non-hydrogen) atoms. The minimum Gasteiger partial charge on any atom is -0.455 e. The average molecular weight is 779 g/mol. The van der Waals surface area contributed by atoms with E-state index in [1.54, 1.807) is 0 Å². The molecular formula is C58H38N2O. The third-order valence-electron chi connectivity index (χ3n) is 12.2. The lowest BCUT2D eigenvalue weighted by molar-refractivity contribution is 0.670. The number of aromatic nitrogens is 1. The fourth-order valence-corrected chi connectivity index (χ4v) is 9.27. The SMILES string of the molecule is c1ccc(-c2cccc(N(c3ccc(-c4ccc(-n5c6ccccc6c6ccc7ccccc7c65)cc4)cc3)c3ccc(-c4cccc5c4oc4ccccc45)cc3)c2)cc1. The maximum Gasteiger partial charge on any atom is 0.143 e. The van der Waals surface area contributed by atoms with Crippen LogP contribution in [0.2, 0.25) is 0 Å². The van der Waals surface area contributed by atoms with Crippen LogP contribution in [0.3, 0.4) is 0 Å². The third-order valence-corrected chi connectivity index (χ3v) is 12.2. The Bertz CT molecular complexity index is 3560. The van der Waals surface area contributed by atoms with Gasteiger partial charge in [-0.15, -0.1) is 0 Å². The van der Waals surface area contributed by atoms with Gasteiger partial charge in [-0.25, -0.2) is 0 Å². The number of rotatable bonds is 7. The second kappa shape index (κ2) is 14.3. The number of hydrogen-bond acceptors (Lipinski definition) is 2. The van der Waals surface area contributed by atoms with Crippen LogP contribution >= 0.6 is 0 Å². The molecule has 10 aromatic carbocycles. The molecule has 0 fully saturated rings. The number of hydrogen-bond donors (Lipinski definition) is 0. The van der Waals surface area contributed by atoms with E-state index in [9.17, 15) is 0 Å². The van der Waals surface area contributed by atoms with Crippen molar-refractivity contribution in [2.45, 2.75) is 0 Å². The van der Waals surface area contributed by atoms with Gasteiger partial charge in [0.15, 0.2) is 0 Å². The highest BCUT2D eigenvalue weighted by molar-refractivity contribution is 6.18. The van der Waals surface area contributed by atoms with E-state index in [1.807, 2.05) is 12.1 Å². The van der Waals surface area contributed by atoms with Crippen molar-refractivity contribution >= 4 is 71.6 Å². The minimum atomic E-state index is 0.905. The Morgan fingerprint density at radius 3 is 1.72 bits per heavy atom. The topological polar surface area (TPSA) is 21.3 Å². The fourth-order valence-electron chi connectivity index (χ4n) is 9.27. The molecule has 0 unspecified atom stereocenters. The van der Waals surface area contributed by atoms with E-state index in [1.165, 1.54) is 49.3 Å². The van der Waals surface area contributed by atoms with E-state index in [2.05, 4.69) is 228 Å². The molecule has 2 aromatic heterocycles. The molecule has 12 aromatic rings. The Hall–Kier alpha value is -8.14. The smallest absolute Gasteiger partial charge is 0.143 e. The van der Waals surface area contributed by atoms with Gasteiger partial charge in [-0.05, 0) is 93.9 Å². The van der Waals surface area contributed by atoms with Crippen molar-refractivity contribution in [1.29, 1.82) is 0 Å². The van der Waals surface area contributed by atoms with E-state index in [0.717, 1.165) is 61.4 Å². The standard InChI is InChI=1S/C58H38N2O/c1-2-12-39(13-3-1)44-15-10-16-48(38-44)59(46-35-28-43(29-36-46)50-20-11-21-54-52-19-7-9-23-56(52)61-58(50)54)45-31-24-40(25-32-45)41-26-33-47(34-27-41)60-55-22-8-6-18-51(55)53-37-30-42-14-4-5-17-49(42)57(53)60/h1-38H. The lowest BCUT2D eigenvalue weighted by Crippen LogP contribution is -2.10. The highest BCUT2D eigenvalue weighted by atomic mass is 16.3. The van der Waals surface area contributed by atoms with Gasteiger partial charge in [-0.3, -0.25) is 0 Å². The van der Waals surface area contributed by atoms with Crippen molar-refractivity contribution in [3.8, 4) is 39.1 Å². The lowest BCUT2D eigenvalue weighted by atomic mass is 10.0. The molecule has 0 saturated heterocycles. The van der Waals surface area contributed by atoms with Gasteiger partial charge in [-0.1, -0.05) is 170 Å². The summed E-state index contributed by atoms with van der Waals surface area (Å²) in [5.74, 6) is 0. The van der Waals surface area contributed by atoms with Crippen LogP contribution in [0.5, 0.6) is 0 Å². The van der Waals surface area contributed by atoms with Gasteiger partial charge in [0.25, 0.3) is 0 Å². The molecule has 0 aliphatic heterocycles. The monoisotopic (exact) mass is 778 g/mol. The summed E-state index contributed by atoms with van der Waals surface area (Å²) in [6.45, 7) is 0. The molecule has 0 atom stereocenters. The first-order valence-corrected chi connectivity index (χ1v) is 20.8. The van der Waals surface area contributed by atoms with Crippen molar-refractivity contribution in [3.05, 3.63) is 231 Å². The molecule has 0 aliphatic rings. The van der Waals surface area contributed by atoms with E-state index < -0.39 is 0 Å². The second-order valence-corrected chi connectivity index (χ2v) is 15.7. The van der Waals surface area contributed by atoms with Crippen molar-refractivity contribution in [1.82, 2.24) is 4.57 Å². The van der Waals surface area contributed by atoms with E-state index in [0.29, 0.717) is 0 Å². The van der Waals surface area contributed by atoms with Crippen LogP contribution in [0, 0.1) is 0 Å². The van der Waals surface area contributed by atoms with Crippen molar-refractivity contribution in [2.24, 2.45) is 0 Å².